The van der Waals surface area contributed by atoms with Crippen LogP contribution in [-0.4, -0.2) is 47.3 Å². The van der Waals surface area contributed by atoms with Gasteiger partial charge in [-0.3, -0.25) is 0 Å². The molecule has 412 valence electrons. The molecule has 0 nitrogen and oxygen atoms in total. The molecule has 8 heteroatoms. The van der Waals surface area contributed by atoms with Crippen molar-refractivity contribution < 1.29 is 68.2 Å². The third-order valence-corrected chi connectivity index (χ3v) is 27.5. The van der Waals surface area contributed by atoms with E-state index in [1.807, 2.05) is 0 Å². The van der Waals surface area contributed by atoms with Crippen LogP contribution in [0.1, 0.15) is 160 Å². The van der Waals surface area contributed by atoms with Gasteiger partial charge < -0.3 is 24.8 Å². The summed E-state index contributed by atoms with van der Waals surface area (Å²) in [6, 6.07) is 54.5. The first-order chi connectivity index (χ1) is 35.0. The Labute approximate surface area is 512 Å². The molecule has 0 aliphatic carbocycles. The molecule has 0 heterocycles. The Hall–Kier alpha value is -0.951. The summed E-state index contributed by atoms with van der Waals surface area (Å²) < 4.78 is 0. The zero-order chi connectivity index (χ0) is 51.8. The average molecular weight is 1200 g/mol. The van der Waals surface area contributed by atoms with Crippen molar-refractivity contribution in [2.45, 2.75) is 183 Å². The SMILES string of the molecule is CCC(C)P(c1cc2ccccc2[cH-]1)C(C)CC.CCC(C)P(c1cc2ccccc2[cH-]1)C(C)CC.CCCCP(CCCC)c1cc2ccccc2[cH-]1.CCCCP(CCCC)c1cc2ccccc2[cH-]1.[Cl-].[Cl-].[Ti+2].[Ti+2]. The molecule has 0 amide bonds. The van der Waals surface area contributed by atoms with E-state index < -0.39 is 0 Å². The van der Waals surface area contributed by atoms with Gasteiger partial charge in [-0.1, -0.05) is 165 Å². The van der Waals surface area contributed by atoms with E-state index in [2.05, 4.69) is 229 Å². The van der Waals surface area contributed by atoms with Crippen LogP contribution in [-0.2, 0) is 43.4 Å². The normalized spacial score (nSPS) is 13.3. The van der Waals surface area contributed by atoms with Crippen molar-refractivity contribution >= 4 is 96.0 Å². The quantitative estimate of drug-likeness (QED) is 0.0321. The Morgan fingerprint density at radius 1 is 0.329 bits per heavy atom. The van der Waals surface area contributed by atoms with Crippen LogP contribution in [0.25, 0.3) is 43.1 Å². The van der Waals surface area contributed by atoms with E-state index in [9.17, 15) is 0 Å². The Morgan fingerprint density at radius 2 is 0.539 bits per heavy atom. The zero-order valence-corrected chi connectivity index (χ0v) is 57.2. The molecule has 76 heavy (non-hydrogen) atoms. The fourth-order valence-electron chi connectivity index (χ4n) is 10.0. The van der Waals surface area contributed by atoms with Crippen LogP contribution in [0.4, 0.5) is 0 Å². The molecule has 8 rings (SSSR count). The van der Waals surface area contributed by atoms with Crippen molar-refractivity contribution in [3.8, 4) is 0 Å². The van der Waals surface area contributed by atoms with Crippen LogP contribution in [0.2, 0.25) is 0 Å². The van der Waals surface area contributed by atoms with Gasteiger partial charge in [0, 0.05) is 0 Å². The van der Waals surface area contributed by atoms with Gasteiger partial charge in [0.2, 0.25) is 0 Å². The summed E-state index contributed by atoms with van der Waals surface area (Å²) in [6.07, 6.45) is 21.7. The number of halogens is 2. The van der Waals surface area contributed by atoms with E-state index in [0.717, 1.165) is 22.6 Å². The molecule has 0 N–H and O–H groups in total. The second-order valence-corrected chi connectivity index (χ2v) is 31.8. The summed E-state index contributed by atoms with van der Waals surface area (Å²) in [4.78, 5) is 0. The third kappa shape index (κ3) is 22.1. The van der Waals surface area contributed by atoms with Crippen molar-refractivity contribution in [3.63, 3.8) is 0 Å². The number of rotatable bonds is 24. The van der Waals surface area contributed by atoms with Crippen molar-refractivity contribution in [1.29, 1.82) is 0 Å². The predicted octanol–water partition coefficient (Wildman–Crippen LogP) is 15.1. The first-order valence-corrected chi connectivity index (χ1v) is 35.1. The Morgan fingerprint density at radius 3 is 0.750 bits per heavy atom. The van der Waals surface area contributed by atoms with Crippen LogP contribution in [0.3, 0.4) is 0 Å². The summed E-state index contributed by atoms with van der Waals surface area (Å²) in [6.45, 7) is 28.2. The number of unbranched alkanes of at least 4 members (excludes halogenated alkanes) is 4. The Bertz CT molecular complexity index is 2340. The second-order valence-electron chi connectivity index (χ2n) is 20.6. The molecule has 0 radical (unpaired) electrons. The fraction of sp³-hybridized carbons (Fsp3) is 0.471. The average Bonchev–Trinajstić information content (AvgIpc) is 4.24. The minimum absolute atomic E-state index is 0. The van der Waals surface area contributed by atoms with Gasteiger partial charge in [0.1, 0.15) is 0 Å². The minimum Gasteiger partial charge on any atom is -1.00 e. The van der Waals surface area contributed by atoms with Crippen LogP contribution in [0, 0.1) is 0 Å². The number of fused-ring (bicyclic) bond motifs is 4. The molecule has 0 spiro atoms. The summed E-state index contributed by atoms with van der Waals surface area (Å²) in [5.41, 5.74) is 3.30. The standard InChI is InChI=1S/4C17H24P.2ClH.2Ti/c2*1-5-13(3)18(14(4)6-2)17-11-15-9-7-8-10-16(15)12-17;2*1-3-5-11-18(12-6-4-2)17-13-15-9-7-8-10-16(15)14-17;;;;/h2*7-14H,5-6H2,1-4H3;2*7-10,13-14H,3-6,11-12H2,1-2H3;2*1H;;/q4*-1;;;2*+2/p-2. The number of hydrogen-bond donors (Lipinski definition) is 0. The van der Waals surface area contributed by atoms with Crippen molar-refractivity contribution in [2.75, 3.05) is 24.6 Å². The Balaban J connectivity index is 0.000000498. The maximum absolute atomic E-state index is 2.44. The molecule has 0 fully saturated rings. The topological polar surface area (TPSA) is 0 Å². The zero-order valence-electron chi connectivity index (χ0n) is 49.0. The van der Waals surface area contributed by atoms with Gasteiger partial charge in [0.25, 0.3) is 0 Å². The molecule has 0 aromatic heterocycles. The molecule has 0 saturated carbocycles. The van der Waals surface area contributed by atoms with E-state index in [-0.39, 0.29) is 99.9 Å². The monoisotopic (exact) mass is 1200 g/mol. The van der Waals surface area contributed by atoms with Gasteiger partial charge in [0.05, 0.1) is 0 Å². The van der Waals surface area contributed by atoms with Crippen molar-refractivity contribution in [1.82, 2.24) is 0 Å². The molecule has 0 aliphatic heterocycles. The third-order valence-electron chi connectivity index (χ3n) is 15.1. The first-order valence-electron chi connectivity index (χ1n) is 28.7. The summed E-state index contributed by atoms with van der Waals surface area (Å²) in [5, 5.41) is 17.8. The van der Waals surface area contributed by atoms with Crippen LogP contribution in [0.5, 0.6) is 0 Å². The minimum atomic E-state index is -0.0252. The molecular formula is C68H96Cl2P4Ti2-2. The van der Waals surface area contributed by atoms with E-state index in [0.29, 0.717) is 0 Å². The van der Waals surface area contributed by atoms with Crippen LogP contribution >= 0.6 is 31.7 Å². The largest absolute Gasteiger partial charge is 2.00 e. The van der Waals surface area contributed by atoms with Crippen LogP contribution < -0.4 is 46.0 Å². The summed E-state index contributed by atoms with van der Waals surface area (Å²) in [5.74, 6) is 0. The summed E-state index contributed by atoms with van der Waals surface area (Å²) in [7, 11) is 0.121. The number of hydrogen-bond acceptors (Lipinski definition) is 0. The second kappa shape index (κ2) is 40.3. The van der Waals surface area contributed by atoms with Gasteiger partial charge in [-0.2, -0.15) is 24.3 Å². The molecule has 8 aromatic rings. The molecule has 0 aliphatic rings. The van der Waals surface area contributed by atoms with Gasteiger partial charge >= 0.3 is 43.4 Å². The molecular weight excluding hydrogens is 1110 g/mol. The molecule has 0 bridgehead atoms. The van der Waals surface area contributed by atoms with Crippen LogP contribution in [0.15, 0.2) is 146 Å². The molecule has 4 atom stereocenters. The molecule has 4 unspecified atom stereocenters. The number of benzene rings is 4. The van der Waals surface area contributed by atoms with Crippen molar-refractivity contribution in [2.24, 2.45) is 0 Å². The van der Waals surface area contributed by atoms with E-state index in [1.165, 1.54) is 145 Å². The van der Waals surface area contributed by atoms with E-state index in [4.69, 9.17) is 0 Å². The fourth-order valence-corrected chi connectivity index (χ4v) is 22.1. The van der Waals surface area contributed by atoms with Gasteiger partial charge in [0.15, 0.2) is 0 Å². The molecule has 0 saturated heterocycles. The smallest absolute Gasteiger partial charge is 1.00 e. The predicted molar refractivity (Wildman–Crippen MR) is 342 cm³/mol. The van der Waals surface area contributed by atoms with E-state index in [1.54, 1.807) is 21.2 Å². The van der Waals surface area contributed by atoms with E-state index >= 15 is 0 Å². The Kier molecular flexibility index (Phi) is 38.7. The van der Waals surface area contributed by atoms with Gasteiger partial charge in [-0.15, -0.1) is 161 Å². The van der Waals surface area contributed by atoms with Gasteiger partial charge in [-0.05, 0) is 98.7 Å². The maximum atomic E-state index is 2.44. The van der Waals surface area contributed by atoms with Crippen molar-refractivity contribution in [3.05, 3.63) is 146 Å². The van der Waals surface area contributed by atoms with Gasteiger partial charge in [-0.25, -0.2) is 0 Å². The summed E-state index contributed by atoms with van der Waals surface area (Å²) >= 11 is 0. The first kappa shape index (κ1) is 73.1. The maximum Gasteiger partial charge on any atom is 2.00 e. The molecule has 8 aromatic carbocycles.